The normalized spacial score (nSPS) is 10.5. The Hall–Kier alpha value is -2.57. The molecule has 0 saturated carbocycles. The number of anilines is 1. The molecule has 0 heterocycles. The molecule has 0 aliphatic carbocycles. The Morgan fingerprint density at radius 1 is 1.08 bits per heavy atom. The molecule has 0 spiro atoms. The molecular weight excluding hydrogens is 365 g/mol. The minimum absolute atomic E-state index is 0.379. The first kappa shape index (κ1) is 18.8. The summed E-state index contributed by atoms with van der Waals surface area (Å²) in [6.45, 7) is 2.41. The van der Waals surface area contributed by atoms with Gasteiger partial charge in [0.05, 0.1) is 22.9 Å². The number of ether oxygens (including phenoxy) is 1. The second-order valence-corrected chi connectivity index (χ2v) is 5.56. The second-order valence-electron chi connectivity index (χ2n) is 4.75. The van der Waals surface area contributed by atoms with E-state index in [0.29, 0.717) is 33.7 Å². The maximum absolute atomic E-state index is 11.8. The van der Waals surface area contributed by atoms with Crippen molar-refractivity contribution in [2.24, 2.45) is 5.10 Å². The van der Waals surface area contributed by atoms with Crippen molar-refractivity contribution in [2.75, 3.05) is 11.9 Å². The number of carbonyl (C=O) groups is 2. The highest BCUT2D eigenvalue weighted by molar-refractivity contribution is 6.40. The maximum Gasteiger partial charge on any atom is 0.329 e. The molecule has 2 aromatic rings. The third-order valence-electron chi connectivity index (χ3n) is 2.99. The summed E-state index contributed by atoms with van der Waals surface area (Å²) >= 11 is 11.9. The van der Waals surface area contributed by atoms with E-state index in [2.05, 4.69) is 15.8 Å². The molecule has 0 aliphatic rings. The Balaban J connectivity index is 1.92. The molecule has 8 heteroatoms. The van der Waals surface area contributed by atoms with Crippen LogP contribution in [-0.4, -0.2) is 24.6 Å². The number of amides is 2. The quantitative estimate of drug-likeness (QED) is 0.474. The van der Waals surface area contributed by atoms with Crippen LogP contribution in [0.4, 0.5) is 5.69 Å². The number of hydrogen-bond acceptors (Lipinski definition) is 4. The van der Waals surface area contributed by atoms with Crippen molar-refractivity contribution >= 4 is 46.9 Å². The molecule has 25 heavy (non-hydrogen) atoms. The molecule has 2 rings (SSSR count). The van der Waals surface area contributed by atoms with E-state index >= 15 is 0 Å². The zero-order valence-electron chi connectivity index (χ0n) is 13.3. The monoisotopic (exact) mass is 379 g/mol. The maximum atomic E-state index is 11.8. The van der Waals surface area contributed by atoms with Crippen LogP contribution in [0.1, 0.15) is 12.5 Å². The van der Waals surface area contributed by atoms with Gasteiger partial charge in [0.1, 0.15) is 5.75 Å². The average Bonchev–Trinajstić information content (AvgIpc) is 2.59. The van der Waals surface area contributed by atoms with Gasteiger partial charge in [0.2, 0.25) is 0 Å². The highest BCUT2D eigenvalue weighted by Crippen LogP contribution is 2.22. The number of nitrogens with zero attached hydrogens (tertiary/aromatic N) is 1. The van der Waals surface area contributed by atoms with Gasteiger partial charge in [-0.05, 0) is 43.3 Å². The van der Waals surface area contributed by atoms with Gasteiger partial charge in [0, 0.05) is 11.3 Å². The van der Waals surface area contributed by atoms with Crippen molar-refractivity contribution < 1.29 is 14.3 Å². The first-order valence-electron chi connectivity index (χ1n) is 7.32. The van der Waals surface area contributed by atoms with Crippen molar-refractivity contribution in [3.8, 4) is 5.75 Å². The van der Waals surface area contributed by atoms with Crippen LogP contribution < -0.4 is 15.5 Å². The minimum atomic E-state index is -0.923. The molecule has 0 fully saturated rings. The molecule has 2 N–H and O–H groups in total. The van der Waals surface area contributed by atoms with E-state index in [1.807, 2.05) is 6.92 Å². The highest BCUT2D eigenvalue weighted by atomic mass is 35.5. The minimum Gasteiger partial charge on any atom is -0.494 e. The molecule has 6 nitrogen and oxygen atoms in total. The Morgan fingerprint density at radius 3 is 2.32 bits per heavy atom. The fraction of sp³-hybridized carbons (Fsp3) is 0.118. The third kappa shape index (κ3) is 5.48. The van der Waals surface area contributed by atoms with E-state index in [0.717, 1.165) is 0 Å². The topological polar surface area (TPSA) is 79.8 Å². The summed E-state index contributed by atoms with van der Waals surface area (Å²) in [5.74, 6) is -1.11. The summed E-state index contributed by atoms with van der Waals surface area (Å²) in [6.07, 6.45) is 1.27. The van der Waals surface area contributed by atoms with Gasteiger partial charge in [-0.3, -0.25) is 9.59 Å². The van der Waals surface area contributed by atoms with Crippen LogP contribution in [-0.2, 0) is 9.59 Å². The molecule has 0 unspecified atom stereocenters. The number of nitrogens with one attached hydrogen (secondary N) is 2. The smallest absolute Gasteiger partial charge is 0.329 e. The number of carbonyl (C=O) groups excluding carboxylic acids is 2. The van der Waals surface area contributed by atoms with E-state index in [-0.39, 0.29) is 0 Å². The largest absolute Gasteiger partial charge is 0.494 e. The zero-order chi connectivity index (χ0) is 18.2. The van der Waals surface area contributed by atoms with Crippen LogP contribution in [0.25, 0.3) is 0 Å². The van der Waals surface area contributed by atoms with Gasteiger partial charge in [-0.2, -0.15) is 5.10 Å². The number of rotatable bonds is 5. The lowest BCUT2D eigenvalue weighted by atomic mass is 10.2. The Labute approximate surface area is 154 Å². The van der Waals surface area contributed by atoms with Gasteiger partial charge in [-0.1, -0.05) is 29.3 Å². The van der Waals surface area contributed by atoms with Crippen molar-refractivity contribution in [3.63, 3.8) is 0 Å². The van der Waals surface area contributed by atoms with E-state index in [4.69, 9.17) is 27.9 Å². The Bertz CT molecular complexity index is 772. The lowest BCUT2D eigenvalue weighted by Crippen LogP contribution is -2.32. The van der Waals surface area contributed by atoms with Gasteiger partial charge in [-0.25, -0.2) is 5.43 Å². The van der Waals surface area contributed by atoms with Gasteiger partial charge < -0.3 is 10.1 Å². The SMILES string of the molecule is CCOc1ccc(NC(=O)C(=O)NN=Cc2c(Cl)cccc2Cl)cc1. The van der Waals surface area contributed by atoms with E-state index < -0.39 is 11.8 Å². The molecular formula is C17H15Cl2N3O3. The predicted octanol–water partition coefficient (Wildman–Crippen LogP) is 3.48. The van der Waals surface area contributed by atoms with E-state index in [1.165, 1.54) is 6.21 Å². The van der Waals surface area contributed by atoms with Gasteiger partial charge in [0.15, 0.2) is 0 Å². The number of hydrogen-bond donors (Lipinski definition) is 2. The van der Waals surface area contributed by atoms with Gasteiger partial charge in [-0.15, -0.1) is 0 Å². The van der Waals surface area contributed by atoms with Crippen LogP contribution >= 0.6 is 23.2 Å². The van der Waals surface area contributed by atoms with Crippen molar-refractivity contribution in [2.45, 2.75) is 6.92 Å². The van der Waals surface area contributed by atoms with Crippen LogP contribution in [0, 0.1) is 0 Å². The van der Waals surface area contributed by atoms with Crippen molar-refractivity contribution in [1.29, 1.82) is 0 Å². The lowest BCUT2D eigenvalue weighted by Gasteiger charge is -2.06. The fourth-order valence-corrected chi connectivity index (χ4v) is 2.32. The molecule has 0 aromatic heterocycles. The van der Waals surface area contributed by atoms with Crippen LogP contribution in [0.3, 0.4) is 0 Å². The molecule has 0 bridgehead atoms. The summed E-state index contributed by atoms with van der Waals surface area (Å²) in [6, 6.07) is 11.6. The Morgan fingerprint density at radius 2 is 1.72 bits per heavy atom. The molecule has 2 amide bonds. The van der Waals surface area contributed by atoms with Crippen molar-refractivity contribution in [1.82, 2.24) is 5.43 Å². The lowest BCUT2D eigenvalue weighted by molar-refractivity contribution is -0.136. The molecule has 0 atom stereocenters. The van der Waals surface area contributed by atoms with E-state index in [9.17, 15) is 9.59 Å². The van der Waals surface area contributed by atoms with Crippen LogP contribution in [0.15, 0.2) is 47.6 Å². The molecule has 130 valence electrons. The first-order valence-corrected chi connectivity index (χ1v) is 8.08. The summed E-state index contributed by atoms with van der Waals surface area (Å²) < 4.78 is 5.30. The predicted molar refractivity (Wildman–Crippen MR) is 98.4 cm³/mol. The molecule has 0 radical (unpaired) electrons. The third-order valence-corrected chi connectivity index (χ3v) is 3.65. The van der Waals surface area contributed by atoms with Crippen LogP contribution in [0.2, 0.25) is 10.0 Å². The average molecular weight is 380 g/mol. The summed E-state index contributed by atoms with van der Waals surface area (Å²) in [5, 5.41) is 6.90. The van der Waals surface area contributed by atoms with Crippen molar-refractivity contribution in [3.05, 3.63) is 58.1 Å². The molecule has 0 aliphatic heterocycles. The number of benzene rings is 2. The fourth-order valence-electron chi connectivity index (χ4n) is 1.83. The van der Waals surface area contributed by atoms with Gasteiger partial charge >= 0.3 is 11.8 Å². The zero-order valence-corrected chi connectivity index (χ0v) is 14.8. The summed E-state index contributed by atoms with van der Waals surface area (Å²) in [7, 11) is 0. The first-order chi connectivity index (χ1) is 12.0. The summed E-state index contributed by atoms with van der Waals surface area (Å²) in [4.78, 5) is 23.6. The molecule has 0 saturated heterocycles. The molecule has 2 aromatic carbocycles. The second kappa shape index (κ2) is 9.05. The number of halogens is 2. The number of hydrazone groups is 1. The Kier molecular flexibility index (Phi) is 6.80. The summed E-state index contributed by atoms with van der Waals surface area (Å²) in [5.41, 5.74) is 3.02. The standard InChI is InChI=1S/C17H15Cl2N3O3/c1-2-25-12-8-6-11(7-9-12)21-16(23)17(24)22-20-10-13-14(18)4-3-5-15(13)19/h3-10H,2H2,1H3,(H,21,23)(H,22,24). The van der Waals surface area contributed by atoms with Gasteiger partial charge in [0.25, 0.3) is 0 Å². The highest BCUT2D eigenvalue weighted by Gasteiger charge is 2.13. The van der Waals surface area contributed by atoms with Crippen LogP contribution in [0.5, 0.6) is 5.75 Å². The van der Waals surface area contributed by atoms with E-state index in [1.54, 1.807) is 42.5 Å².